The van der Waals surface area contributed by atoms with Gasteiger partial charge in [0.1, 0.15) is 11.5 Å². The van der Waals surface area contributed by atoms with Crippen molar-refractivity contribution in [3.8, 4) is 17.2 Å². The summed E-state index contributed by atoms with van der Waals surface area (Å²) in [6, 6.07) is 11.3. The summed E-state index contributed by atoms with van der Waals surface area (Å²) in [6.07, 6.45) is 3.49. The first-order valence-electron chi connectivity index (χ1n) is 7.84. The number of rotatable bonds is 3. The molecule has 25 heavy (non-hydrogen) atoms. The van der Waals surface area contributed by atoms with E-state index in [0.29, 0.717) is 28.6 Å². The largest absolute Gasteiger partial charge is 0.496 e. The quantitative estimate of drug-likeness (QED) is 0.632. The molecule has 0 atom stereocenters. The predicted octanol–water partition coefficient (Wildman–Crippen LogP) is 3.71. The third-order valence-corrected chi connectivity index (χ3v) is 4.06. The van der Waals surface area contributed by atoms with Crippen LogP contribution in [-0.4, -0.2) is 19.9 Å². The van der Waals surface area contributed by atoms with E-state index in [0.717, 1.165) is 16.7 Å². The Bertz CT molecular complexity index is 924. The van der Waals surface area contributed by atoms with Crippen molar-refractivity contribution in [1.29, 1.82) is 0 Å². The maximum absolute atomic E-state index is 12.2. The molecular weight excluding hydrogens is 320 g/mol. The molecule has 0 aromatic heterocycles. The minimum absolute atomic E-state index is 0.217. The molecule has 0 fully saturated rings. The van der Waals surface area contributed by atoms with Crippen LogP contribution >= 0.6 is 0 Å². The number of benzene rings is 2. The molecule has 0 amide bonds. The van der Waals surface area contributed by atoms with E-state index in [-0.39, 0.29) is 6.79 Å². The Hall–Kier alpha value is -3.21. The molecule has 2 aliphatic heterocycles. The van der Waals surface area contributed by atoms with Crippen molar-refractivity contribution in [3.05, 3.63) is 64.7 Å². The Morgan fingerprint density at radius 3 is 2.76 bits per heavy atom. The van der Waals surface area contributed by atoms with E-state index in [4.69, 9.17) is 18.9 Å². The highest BCUT2D eigenvalue weighted by molar-refractivity contribution is 6.05. The van der Waals surface area contributed by atoms with Gasteiger partial charge in [-0.2, -0.15) is 0 Å². The fourth-order valence-electron chi connectivity index (χ4n) is 2.82. The lowest BCUT2D eigenvalue weighted by Gasteiger charge is -2.09. The van der Waals surface area contributed by atoms with Crippen LogP contribution in [0.15, 0.2) is 48.0 Å². The molecule has 0 aliphatic carbocycles. The first-order valence-corrected chi connectivity index (χ1v) is 7.84. The minimum Gasteiger partial charge on any atom is -0.496 e. The van der Waals surface area contributed by atoms with Gasteiger partial charge in [-0.15, -0.1) is 0 Å². The highest BCUT2D eigenvalue weighted by Crippen LogP contribution is 2.36. The molecule has 0 radical (unpaired) electrons. The Balaban J connectivity index is 1.70. The van der Waals surface area contributed by atoms with Gasteiger partial charge in [0.05, 0.1) is 18.2 Å². The number of hydrogen-bond donors (Lipinski definition) is 0. The highest BCUT2D eigenvalue weighted by Gasteiger charge is 2.24. The molecule has 0 unspecified atom stereocenters. The zero-order chi connectivity index (χ0) is 17.4. The molecule has 2 heterocycles. The minimum atomic E-state index is -0.392. The van der Waals surface area contributed by atoms with E-state index >= 15 is 0 Å². The second-order valence-corrected chi connectivity index (χ2v) is 5.81. The van der Waals surface area contributed by atoms with Crippen LogP contribution in [0.2, 0.25) is 0 Å². The maximum atomic E-state index is 12.2. The van der Waals surface area contributed by atoms with Crippen molar-refractivity contribution < 1.29 is 23.7 Å². The van der Waals surface area contributed by atoms with Gasteiger partial charge in [0.2, 0.25) is 6.79 Å². The summed E-state index contributed by atoms with van der Waals surface area (Å²) in [5, 5.41) is 0. The van der Waals surface area contributed by atoms with E-state index in [9.17, 15) is 4.79 Å². The van der Waals surface area contributed by atoms with Gasteiger partial charge >= 0.3 is 5.97 Å². The van der Waals surface area contributed by atoms with Gasteiger partial charge < -0.3 is 18.9 Å². The summed E-state index contributed by atoms with van der Waals surface area (Å²) in [5.41, 5.74) is 3.12. The number of carbonyl (C=O) groups excluding carboxylic acids is 1. The molecule has 2 aromatic rings. The monoisotopic (exact) mass is 336 g/mol. The van der Waals surface area contributed by atoms with Gasteiger partial charge in [-0.3, -0.25) is 0 Å². The van der Waals surface area contributed by atoms with Crippen molar-refractivity contribution in [3.63, 3.8) is 0 Å². The molecular formula is C20H16O5. The zero-order valence-electron chi connectivity index (χ0n) is 13.9. The van der Waals surface area contributed by atoms with Crippen LogP contribution in [0.25, 0.3) is 11.8 Å². The summed E-state index contributed by atoms with van der Waals surface area (Å²) >= 11 is 0. The second kappa shape index (κ2) is 6.02. The smallest absolute Gasteiger partial charge is 0.343 e. The standard InChI is InChI=1S/C20H16O5/c1-12-3-5-16(22-2)15(7-12)18-10-14(20(21)25-18)8-13-4-6-17-19(9-13)24-11-23-17/h3-10H,11H2,1-2H3/b14-8+. The lowest BCUT2D eigenvalue weighted by Crippen LogP contribution is -1.98. The number of esters is 1. The normalized spacial score (nSPS) is 16.8. The van der Waals surface area contributed by atoms with Crippen molar-refractivity contribution in [2.45, 2.75) is 6.92 Å². The zero-order valence-corrected chi connectivity index (χ0v) is 13.9. The number of ether oxygens (including phenoxy) is 4. The van der Waals surface area contributed by atoms with E-state index in [1.165, 1.54) is 0 Å². The summed E-state index contributed by atoms with van der Waals surface area (Å²) < 4.78 is 21.5. The average molecular weight is 336 g/mol. The molecule has 0 N–H and O–H groups in total. The molecule has 0 saturated heterocycles. The van der Waals surface area contributed by atoms with Crippen molar-refractivity contribution in [1.82, 2.24) is 0 Å². The number of fused-ring (bicyclic) bond motifs is 1. The fourth-order valence-corrected chi connectivity index (χ4v) is 2.82. The average Bonchev–Trinajstić information content (AvgIpc) is 3.21. The van der Waals surface area contributed by atoms with Gasteiger partial charge in [0.15, 0.2) is 11.5 Å². The van der Waals surface area contributed by atoms with Crippen LogP contribution in [0.3, 0.4) is 0 Å². The SMILES string of the molecule is COc1ccc(C)cc1C1=C/C(=C\c2ccc3c(c2)OCO3)C(=O)O1. The third-order valence-electron chi connectivity index (χ3n) is 4.06. The molecule has 5 heteroatoms. The lowest BCUT2D eigenvalue weighted by atomic mass is 10.1. The van der Waals surface area contributed by atoms with Crippen molar-refractivity contribution >= 4 is 17.8 Å². The maximum Gasteiger partial charge on any atom is 0.343 e. The number of hydrogen-bond acceptors (Lipinski definition) is 5. The van der Waals surface area contributed by atoms with Crippen molar-refractivity contribution in [2.24, 2.45) is 0 Å². The van der Waals surface area contributed by atoms with Crippen LogP contribution in [0, 0.1) is 6.92 Å². The van der Waals surface area contributed by atoms with E-state index in [1.54, 1.807) is 19.3 Å². The highest BCUT2D eigenvalue weighted by atomic mass is 16.7. The molecule has 2 aromatic carbocycles. The molecule has 126 valence electrons. The van der Waals surface area contributed by atoms with E-state index in [2.05, 4.69) is 0 Å². The van der Waals surface area contributed by atoms with Gasteiger partial charge in [-0.25, -0.2) is 4.79 Å². The van der Waals surface area contributed by atoms with E-state index in [1.807, 2.05) is 43.3 Å². The molecule has 0 spiro atoms. The van der Waals surface area contributed by atoms with E-state index < -0.39 is 5.97 Å². The molecule has 5 nitrogen and oxygen atoms in total. The Kier molecular flexibility index (Phi) is 3.69. The van der Waals surface area contributed by atoms with Gasteiger partial charge in [-0.1, -0.05) is 17.7 Å². The Morgan fingerprint density at radius 1 is 1.08 bits per heavy atom. The molecule has 4 rings (SSSR count). The number of carbonyl (C=O) groups is 1. The van der Waals surface area contributed by atoms with Gasteiger partial charge in [-0.05, 0) is 48.9 Å². The lowest BCUT2D eigenvalue weighted by molar-refractivity contribution is -0.130. The number of methoxy groups -OCH3 is 1. The Morgan fingerprint density at radius 2 is 1.92 bits per heavy atom. The van der Waals surface area contributed by atoms with Gasteiger partial charge in [0, 0.05) is 0 Å². The van der Waals surface area contributed by atoms with Crippen molar-refractivity contribution in [2.75, 3.05) is 13.9 Å². The van der Waals surface area contributed by atoms with Crippen LogP contribution in [-0.2, 0) is 9.53 Å². The first kappa shape index (κ1) is 15.3. The first-order chi connectivity index (χ1) is 12.1. The van der Waals surface area contributed by atoms with Gasteiger partial charge in [0.25, 0.3) is 0 Å². The second-order valence-electron chi connectivity index (χ2n) is 5.81. The predicted molar refractivity (Wildman–Crippen MR) is 92.3 cm³/mol. The summed E-state index contributed by atoms with van der Waals surface area (Å²) in [7, 11) is 1.59. The molecule has 0 saturated carbocycles. The topological polar surface area (TPSA) is 54.0 Å². The van der Waals surface area contributed by atoms with Crippen LogP contribution in [0.5, 0.6) is 17.2 Å². The summed E-state index contributed by atoms with van der Waals surface area (Å²) in [5.74, 6) is 2.13. The van der Waals surface area contributed by atoms with Crippen LogP contribution in [0.4, 0.5) is 0 Å². The third kappa shape index (κ3) is 2.85. The van der Waals surface area contributed by atoms with Crippen LogP contribution in [0.1, 0.15) is 16.7 Å². The fraction of sp³-hybridized carbons (Fsp3) is 0.150. The molecule has 2 aliphatic rings. The number of aryl methyl sites for hydroxylation is 1. The number of cyclic esters (lactones) is 1. The molecule has 0 bridgehead atoms. The Labute approximate surface area is 145 Å². The summed E-state index contributed by atoms with van der Waals surface area (Å²) in [6.45, 7) is 2.19. The summed E-state index contributed by atoms with van der Waals surface area (Å²) in [4.78, 5) is 12.2. The van der Waals surface area contributed by atoms with Crippen LogP contribution < -0.4 is 14.2 Å².